The molecule has 0 unspecified atom stereocenters. The van der Waals surface area contributed by atoms with Gasteiger partial charge in [-0.2, -0.15) is 0 Å². The van der Waals surface area contributed by atoms with Crippen molar-refractivity contribution in [3.05, 3.63) is 67.8 Å². The van der Waals surface area contributed by atoms with Crippen LogP contribution in [0.2, 0.25) is 0 Å². The molecule has 1 aromatic carbocycles. The lowest BCUT2D eigenvalue weighted by Gasteiger charge is -2.27. The number of aryl methyl sites for hydroxylation is 2. The third kappa shape index (κ3) is 5.33. The number of carbonyl (C=O) groups is 2. The van der Waals surface area contributed by atoms with Crippen LogP contribution in [0.4, 0.5) is 0 Å². The third-order valence-corrected chi connectivity index (χ3v) is 8.05. The van der Waals surface area contributed by atoms with E-state index in [1.807, 2.05) is 36.1 Å². The molecule has 0 saturated heterocycles. The van der Waals surface area contributed by atoms with Gasteiger partial charge in [-0.05, 0) is 68.7 Å². The Morgan fingerprint density at radius 1 is 1.18 bits per heavy atom. The summed E-state index contributed by atoms with van der Waals surface area (Å²) in [5, 5.41) is 2.84. The zero-order valence-electron chi connectivity index (χ0n) is 19.8. The summed E-state index contributed by atoms with van der Waals surface area (Å²) < 4.78 is 10.4. The lowest BCUT2D eigenvalue weighted by atomic mass is 9.94. The van der Waals surface area contributed by atoms with Gasteiger partial charge in [-0.1, -0.05) is 18.2 Å². The lowest BCUT2D eigenvalue weighted by Crippen LogP contribution is -2.39. The quantitative estimate of drug-likeness (QED) is 0.332. The molecule has 1 aliphatic carbocycles. The van der Waals surface area contributed by atoms with Crippen molar-refractivity contribution in [2.75, 3.05) is 20.3 Å². The van der Waals surface area contributed by atoms with Crippen LogP contribution in [-0.4, -0.2) is 42.0 Å². The number of aromatic nitrogens is 1. The normalized spacial score (nSPS) is 14.0. The number of benzene rings is 1. The number of hydrogen-bond acceptors (Lipinski definition) is 7. The average Bonchev–Trinajstić information content (AvgIpc) is 3.32. The van der Waals surface area contributed by atoms with Crippen LogP contribution in [0.3, 0.4) is 0 Å². The van der Waals surface area contributed by atoms with Gasteiger partial charge in [0.25, 0.3) is 0 Å². The first-order valence-electron chi connectivity index (χ1n) is 11.6. The van der Waals surface area contributed by atoms with Crippen LogP contribution in [0.25, 0.3) is 0 Å². The predicted molar refractivity (Wildman–Crippen MR) is 135 cm³/mol. The number of thiophene rings is 1. The van der Waals surface area contributed by atoms with Crippen LogP contribution >= 0.6 is 22.7 Å². The number of nitrogens with zero attached hydrogens (tertiary/aromatic N) is 2. The summed E-state index contributed by atoms with van der Waals surface area (Å²) in [4.78, 5) is 34.7. The minimum atomic E-state index is -0.481. The Balaban J connectivity index is 1.54. The summed E-state index contributed by atoms with van der Waals surface area (Å²) in [7, 11) is 1.64. The van der Waals surface area contributed by atoms with E-state index < -0.39 is 11.4 Å². The highest BCUT2D eigenvalue weighted by atomic mass is 32.1. The number of hydrogen-bond donors (Lipinski definition) is 0. The maximum absolute atomic E-state index is 13.9. The van der Waals surface area contributed by atoms with E-state index in [0.29, 0.717) is 25.4 Å². The number of esters is 1. The van der Waals surface area contributed by atoms with Gasteiger partial charge in [0.2, 0.25) is 5.91 Å². The first-order valence-corrected chi connectivity index (χ1v) is 13.3. The van der Waals surface area contributed by atoms with E-state index in [4.69, 9.17) is 9.47 Å². The topological polar surface area (TPSA) is 68.7 Å². The number of rotatable bonds is 11. The van der Waals surface area contributed by atoms with E-state index in [9.17, 15) is 9.59 Å². The van der Waals surface area contributed by atoms with Crippen molar-refractivity contribution in [1.82, 2.24) is 9.88 Å². The zero-order chi connectivity index (χ0) is 24.1. The summed E-state index contributed by atoms with van der Waals surface area (Å²) in [5.74, 6) is 0.508. The van der Waals surface area contributed by atoms with Gasteiger partial charge < -0.3 is 14.4 Å². The smallest absolute Gasteiger partial charge is 0.358 e. The molecule has 2 aromatic heterocycles. The Morgan fingerprint density at radius 3 is 2.56 bits per heavy atom. The number of methoxy groups -OCH3 is 1. The summed E-state index contributed by atoms with van der Waals surface area (Å²) in [6, 6.07) is 12.0. The van der Waals surface area contributed by atoms with E-state index in [1.54, 1.807) is 25.4 Å². The Labute approximate surface area is 208 Å². The summed E-state index contributed by atoms with van der Waals surface area (Å²) in [5.41, 5.74) is 0.902. The average molecular weight is 499 g/mol. The molecule has 3 aromatic rings. The Morgan fingerprint density at radius 2 is 1.94 bits per heavy atom. The largest absolute Gasteiger partial charge is 0.497 e. The second-order valence-corrected chi connectivity index (χ2v) is 10.8. The molecule has 1 aliphatic rings. The zero-order valence-corrected chi connectivity index (χ0v) is 21.5. The molecule has 0 spiro atoms. The van der Waals surface area contributed by atoms with Crippen molar-refractivity contribution in [3.8, 4) is 5.75 Å². The fourth-order valence-corrected chi connectivity index (χ4v) is 5.87. The molecular formula is C26H30N2O4S2. The number of amides is 1. The van der Waals surface area contributed by atoms with Gasteiger partial charge in [-0.15, -0.1) is 22.7 Å². The highest BCUT2D eigenvalue weighted by Gasteiger charge is 2.53. The van der Waals surface area contributed by atoms with Crippen LogP contribution in [0.5, 0.6) is 5.75 Å². The maximum atomic E-state index is 13.9. The van der Waals surface area contributed by atoms with E-state index in [0.717, 1.165) is 46.9 Å². The number of thiazole rings is 1. The van der Waals surface area contributed by atoms with Crippen LogP contribution in [0.15, 0.2) is 41.8 Å². The second kappa shape index (κ2) is 10.7. The van der Waals surface area contributed by atoms with Crippen molar-refractivity contribution in [2.45, 2.75) is 51.5 Å². The van der Waals surface area contributed by atoms with Gasteiger partial charge in [0.05, 0.1) is 25.7 Å². The molecule has 34 heavy (non-hydrogen) atoms. The van der Waals surface area contributed by atoms with Crippen LogP contribution in [0, 0.1) is 6.92 Å². The van der Waals surface area contributed by atoms with Crippen molar-refractivity contribution in [2.24, 2.45) is 0 Å². The van der Waals surface area contributed by atoms with Gasteiger partial charge >= 0.3 is 5.97 Å². The van der Waals surface area contributed by atoms with E-state index >= 15 is 0 Å². The molecule has 0 bridgehead atoms. The maximum Gasteiger partial charge on any atom is 0.358 e. The van der Waals surface area contributed by atoms with Crippen molar-refractivity contribution in [3.63, 3.8) is 0 Å². The first-order chi connectivity index (χ1) is 16.5. The fraction of sp³-hybridized carbons (Fsp3) is 0.423. The van der Waals surface area contributed by atoms with E-state index in [-0.39, 0.29) is 5.91 Å². The minimum Gasteiger partial charge on any atom is -0.497 e. The van der Waals surface area contributed by atoms with Crippen LogP contribution < -0.4 is 4.74 Å². The lowest BCUT2D eigenvalue weighted by molar-refractivity contribution is -0.134. The molecule has 1 fully saturated rings. The molecule has 1 saturated carbocycles. The van der Waals surface area contributed by atoms with Gasteiger partial charge in [0.1, 0.15) is 10.8 Å². The molecule has 0 N–H and O–H groups in total. The molecule has 0 atom stereocenters. The Hall–Kier alpha value is -2.71. The molecule has 8 heteroatoms. The fourth-order valence-electron chi connectivity index (χ4n) is 4.19. The SMILES string of the molecule is CCOC(=O)c1nc(CN(CCCc2cccs2)C(=O)C2(c3ccc(OC)cc3)CC2)sc1C. The molecule has 0 aliphatic heterocycles. The minimum absolute atomic E-state index is 0.134. The molecule has 6 nitrogen and oxygen atoms in total. The van der Waals surface area contributed by atoms with Crippen LogP contribution in [-0.2, 0) is 27.9 Å². The number of ether oxygens (including phenoxy) is 2. The van der Waals surface area contributed by atoms with Crippen molar-refractivity contribution < 1.29 is 19.1 Å². The molecular weight excluding hydrogens is 468 g/mol. The highest BCUT2D eigenvalue weighted by Crippen LogP contribution is 2.50. The summed E-state index contributed by atoms with van der Waals surface area (Å²) in [6.45, 7) is 5.00. The third-order valence-electron chi connectivity index (χ3n) is 6.16. The van der Waals surface area contributed by atoms with Gasteiger partial charge in [-0.3, -0.25) is 4.79 Å². The number of carbonyl (C=O) groups excluding carboxylic acids is 2. The molecule has 180 valence electrons. The first kappa shape index (κ1) is 24.4. The monoisotopic (exact) mass is 498 g/mol. The molecule has 0 radical (unpaired) electrons. The second-order valence-electron chi connectivity index (χ2n) is 8.45. The van der Waals surface area contributed by atoms with Crippen molar-refractivity contribution >= 4 is 34.6 Å². The van der Waals surface area contributed by atoms with Crippen molar-refractivity contribution in [1.29, 1.82) is 0 Å². The molecule has 1 amide bonds. The Kier molecular flexibility index (Phi) is 7.68. The predicted octanol–water partition coefficient (Wildman–Crippen LogP) is 5.39. The van der Waals surface area contributed by atoms with Gasteiger partial charge in [0, 0.05) is 16.3 Å². The highest BCUT2D eigenvalue weighted by molar-refractivity contribution is 7.11. The van der Waals surface area contributed by atoms with E-state index in [1.165, 1.54) is 16.2 Å². The van der Waals surface area contributed by atoms with Crippen LogP contribution in [0.1, 0.15) is 57.0 Å². The standard InChI is InChI=1S/C26H30N2O4S2/c1-4-32-24(29)23-18(2)34-22(27-23)17-28(15-5-7-21-8-6-16-33-21)25(30)26(13-14-26)19-9-11-20(31-3)12-10-19/h6,8-12,16H,4-5,7,13-15,17H2,1-3H3. The van der Waals surface area contributed by atoms with Gasteiger partial charge in [0.15, 0.2) is 5.69 Å². The molecule has 4 rings (SSSR count). The Bertz CT molecular complexity index is 1120. The molecule has 2 heterocycles. The van der Waals surface area contributed by atoms with E-state index in [2.05, 4.69) is 22.5 Å². The van der Waals surface area contributed by atoms with Gasteiger partial charge in [-0.25, -0.2) is 9.78 Å². The summed E-state index contributed by atoms with van der Waals surface area (Å²) in [6.07, 6.45) is 3.48. The summed E-state index contributed by atoms with van der Waals surface area (Å²) >= 11 is 3.20.